The first-order valence-electron chi connectivity index (χ1n) is 9.96. The fourth-order valence-electron chi connectivity index (χ4n) is 6.77. The van der Waals surface area contributed by atoms with Crippen LogP contribution in [0.2, 0.25) is 0 Å². The topological polar surface area (TPSA) is 91.7 Å². The van der Waals surface area contributed by atoms with E-state index < -0.39 is 28.8 Å². The molecule has 0 aliphatic heterocycles. The Morgan fingerprint density at radius 1 is 1.26 bits per heavy atom. The van der Waals surface area contributed by atoms with Crippen LogP contribution in [0.25, 0.3) is 0 Å². The molecular weight excluding hydrogens is 344 g/mol. The lowest BCUT2D eigenvalue weighted by molar-refractivity contribution is -0.168. The van der Waals surface area contributed by atoms with Crippen molar-refractivity contribution in [2.75, 3.05) is 6.61 Å². The van der Waals surface area contributed by atoms with E-state index in [2.05, 4.69) is 6.92 Å². The van der Waals surface area contributed by atoms with Crippen LogP contribution in [0.3, 0.4) is 0 Å². The number of ketones is 3. The molecule has 6 atom stereocenters. The van der Waals surface area contributed by atoms with Crippen molar-refractivity contribution in [2.24, 2.45) is 28.6 Å². The summed E-state index contributed by atoms with van der Waals surface area (Å²) in [4.78, 5) is 37.2. The molecule has 0 aromatic heterocycles. The van der Waals surface area contributed by atoms with E-state index in [4.69, 9.17) is 0 Å². The van der Waals surface area contributed by atoms with E-state index in [1.165, 1.54) is 0 Å². The molecule has 4 aliphatic rings. The molecule has 0 unspecified atom stereocenters. The largest absolute Gasteiger partial charge is 0.388 e. The molecule has 2 N–H and O–H groups in total. The molecule has 0 radical (unpaired) electrons. The highest BCUT2D eigenvalue weighted by Gasteiger charge is 2.61. The number of aliphatic hydroxyl groups excluding tert-OH is 1. The molecule has 27 heavy (non-hydrogen) atoms. The molecule has 146 valence electrons. The predicted octanol–water partition coefficient (Wildman–Crippen LogP) is 2.16. The van der Waals surface area contributed by atoms with Crippen molar-refractivity contribution >= 4 is 17.3 Å². The zero-order chi connectivity index (χ0) is 19.6. The Labute approximate surface area is 159 Å². The Morgan fingerprint density at radius 2 is 2.00 bits per heavy atom. The van der Waals surface area contributed by atoms with Gasteiger partial charge in [0, 0.05) is 17.8 Å². The first-order valence-corrected chi connectivity index (χ1v) is 9.96. The number of hydrogen-bond donors (Lipinski definition) is 2. The van der Waals surface area contributed by atoms with E-state index in [1.807, 2.05) is 13.0 Å². The normalized spacial score (nSPS) is 46.2. The van der Waals surface area contributed by atoms with Crippen molar-refractivity contribution in [3.63, 3.8) is 0 Å². The summed E-state index contributed by atoms with van der Waals surface area (Å²) in [6, 6.07) is 0. The summed E-state index contributed by atoms with van der Waals surface area (Å²) >= 11 is 0. The minimum atomic E-state index is -1.52. The molecule has 3 fully saturated rings. The van der Waals surface area contributed by atoms with E-state index in [1.54, 1.807) is 12.2 Å². The Hall–Kier alpha value is -1.59. The number of rotatable bonds is 2. The van der Waals surface area contributed by atoms with Crippen molar-refractivity contribution in [2.45, 2.75) is 58.0 Å². The second kappa shape index (κ2) is 5.95. The third kappa shape index (κ3) is 2.62. The van der Waals surface area contributed by atoms with Gasteiger partial charge in [0.1, 0.15) is 18.0 Å². The number of carbonyl (C=O) groups excluding carboxylic acids is 3. The molecule has 4 rings (SSSR count). The molecule has 0 aromatic rings. The van der Waals surface area contributed by atoms with Gasteiger partial charge in [0.2, 0.25) is 0 Å². The number of carbonyl (C=O) groups is 3. The molecule has 0 saturated heterocycles. The average molecular weight is 372 g/mol. The fourth-order valence-corrected chi connectivity index (χ4v) is 6.77. The van der Waals surface area contributed by atoms with E-state index in [0.29, 0.717) is 19.3 Å². The highest BCUT2D eigenvalue weighted by atomic mass is 16.3. The number of allylic oxidation sites excluding steroid dienone is 4. The lowest BCUT2D eigenvalue weighted by atomic mass is 9.44. The lowest BCUT2D eigenvalue weighted by Gasteiger charge is -2.59. The molecule has 5 nitrogen and oxygen atoms in total. The second-order valence-corrected chi connectivity index (χ2v) is 9.60. The van der Waals surface area contributed by atoms with Crippen LogP contribution in [-0.4, -0.2) is 39.8 Å². The standard InChI is InChI=1S/C22H28O5/c1-20-10-17(25)19-15(4-3-13-9-14(24)5-7-21(13,19)2)16(20)6-8-22(27,12-20)18(26)11-23/h5,7,9,15-16,19,23,27H,3-4,6,8,10-12H2,1-2H3/t15-,16-,19+,20+,21-,22+/m0/s1. The van der Waals surface area contributed by atoms with Crippen LogP contribution in [0.5, 0.6) is 0 Å². The van der Waals surface area contributed by atoms with Gasteiger partial charge in [-0.3, -0.25) is 14.4 Å². The van der Waals surface area contributed by atoms with Crippen LogP contribution in [0.1, 0.15) is 52.4 Å². The Bertz CT molecular complexity index is 780. The zero-order valence-electron chi connectivity index (χ0n) is 16.0. The van der Waals surface area contributed by atoms with Gasteiger partial charge >= 0.3 is 0 Å². The molecule has 0 amide bonds. The SMILES string of the molecule is C[C@]12CC(=O)[C@H]3[C@@H](CCC4=CC(=O)C=C[C@@]43C)[C@@H]1CC[C@](O)(C(=O)CO)C2. The number of Topliss-reactive ketones (excluding diaryl/α,β-unsaturated/α-hetero) is 2. The van der Waals surface area contributed by atoms with Gasteiger partial charge in [-0.15, -0.1) is 0 Å². The summed E-state index contributed by atoms with van der Waals surface area (Å²) in [5.74, 6) is -0.0434. The van der Waals surface area contributed by atoms with E-state index in [0.717, 1.165) is 18.4 Å². The average Bonchev–Trinajstić information content (AvgIpc) is 2.60. The van der Waals surface area contributed by atoms with Gasteiger partial charge in [-0.25, -0.2) is 0 Å². The molecule has 0 bridgehead atoms. The predicted molar refractivity (Wildman–Crippen MR) is 98.7 cm³/mol. The van der Waals surface area contributed by atoms with Crippen molar-refractivity contribution < 1.29 is 24.6 Å². The minimum Gasteiger partial charge on any atom is -0.388 e. The van der Waals surface area contributed by atoms with Crippen molar-refractivity contribution in [1.82, 2.24) is 0 Å². The van der Waals surface area contributed by atoms with E-state index in [9.17, 15) is 24.6 Å². The summed E-state index contributed by atoms with van der Waals surface area (Å²) in [5.41, 5.74) is -1.28. The van der Waals surface area contributed by atoms with Gasteiger partial charge in [-0.2, -0.15) is 0 Å². The molecule has 0 spiro atoms. The maximum atomic E-state index is 13.3. The molecule has 4 aliphatic carbocycles. The van der Waals surface area contributed by atoms with Crippen LogP contribution in [-0.2, 0) is 14.4 Å². The first kappa shape index (κ1) is 18.8. The smallest absolute Gasteiger partial charge is 0.189 e. The Balaban J connectivity index is 1.69. The summed E-state index contributed by atoms with van der Waals surface area (Å²) in [6.45, 7) is 3.43. The van der Waals surface area contributed by atoms with Gasteiger partial charge in [0.05, 0.1) is 0 Å². The molecule has 3 saturated carbocycles. The highest BCUT2D eigenvalue weighted by Crippen LogP contribution is 2.63. The first-order chi connectivity index (χ1) is 12.6. The maximum Gasteiger partial charge on any atom is 0.189 e. The van der Waals surface area contributed by atoms with Gasteiger partial charge in [0.25, 0.3) is 0 Å². The van der Waals surface area contributed by atoms with Crippen LogP contribution < -0.4 is 0 Å². The third-order valence-electron chi connectivity index (χ3n) is 7.99. The Kier molecular flexibility index (Phi) is 4.13. The second-order valence-electron chi connectivity index (χ2n) is 9.60. The minimum absolute atomic E-state index is 0.000678. The Morgan fingerprint density at radius 3 is 2.70 bits per heavy atom. The number of hydrogen-bond acceptors (Lipinski definition) is 5. The highest BCUT2D eigenvalue weighted by molar-refractivity contribution is 6.01. The summed E-state index contributed by atoms with van der Waals surface area (Å²) in [7, 11) is 0. The lowest BCUT2D eigenvalue weighted by Crippen LogP contribution is -2.59. The van der Waals surface area contributed by atoms with Gasteiger partial charge in [-0.1, -0.05) is 25.5 Å². The van der Waals surface area contributed by atoms with E-state index >= 15 is 0 Å². The van der Waals surface area contributed by atoms with E-state index in [-0.39, 0.29) is 35.7 Å². The molecular formula is C22H28O5. The van der Waals surface area contributed by atoms with Crippen molar-refractivity contribution in [3.05, 3.63) is 23.8 Å². The molecule has 0 aromatic carbocycles. The number of fused-ring (bicyclic) bond motifs is 5. The summed E-state index contributed by atoms with van der Waals surface area (Å²) in [6.07, 6.45) is 8.51. The zero-order valence-corrected chi connectivity index (χ0v) is 16.0. The third-order valence-corrected chi connectivity index (χ3v) is 7.99. The van der Waals surface area contributed by atoms with Crippen molar-refractivity contribution in [3.8, 4) is 0 Å². The summed E-state index contributed by atoms with van der Waals surface area (Å²) < 4.78 is 0. The maximum absolute atomic E-state index is 13.3. The van der Waals surface area contributed by atoms with Crippen LogP contribution >= 0.6 is 0 Å². The van der Waals surface area contributed by atoms with Gasteiger partial charge in [0.15, 0.2) is 11.6 Å². The van der Waals surface area contributed by atoms with Gasteiger partial charge < -0.3 is 10.2 Å². The van der Waals surface area contributed by atoms with Crippen LogP contribution in [0.15, 0.2) is 23.8 Å². The van der Waals surface area contributed by atoms with Crippen LogP contribution in [0.4, 0.5) is 0 Å². The van der Waals surface area contributed by atoms with Crippen LogP contribution in [0, 0.1) is 28.6 Å². The fraction of sp³-hybridized carbons (Fsp3) is 0.682. The van der Waals surface area contributed by atoms with Crippen molar-refractivity contribution in [1.29, 1.82) is 0 Å². The molecule has 5 heteroatoms. The summed E-state index contributed by atoms with van der Waals surface area (Å²) in [5, 5.41) is 20.1. The monoisotopic (exact) mass is 372 g/mol. The quantitative estimate of drug-likeness (QED) is 0.775. The number of aliphatic hydroxyl groups is 2. The van der Waals surface area contributed by atoms with Gasteiger partial charge in [-0.05, 0) is 61.5 Å². The molecule has 0 heterocycles.